The van der Waals surface area contributed by atoms with E-state index >= 15 is 0 Å². The van der Waals surface area contributed by atoms with Crippen LogP contribution in [0.1, 0.15) is 6.42 Å². The number of aliphatic hydroxyl groups is 4. The highest BCUT2D eigenvalue weighted by molar-refractivity contribution is 4.92. The summed E-state index contributed by atoms with van der Waals surface area (Å²) < 4.78 is 4.92. The third kappa shape index (κ3) is 2.00. The van der Waals surface area contributed by atoms with Gasteiger partial charge in [-0.1, -0.05) is 0 Å². The molecule has 3 unspecified atom stereocenters. The second kappa shape index (κ2) is 4.34. The molecule has 78 valence electrons. The largest absolute Gasteiger partial charge is 0.396 e. The van der Waals surface area contributed by atoms with E-state index in [9.17, 15) is 15.3 Å². The van der Waals surface area contributed by atoms with Gasteiger partial charge in [0.1, 0.15) is 12.2 Å². The SMILES string of the molecule is CO[C@H]1CC(CO)[C@H](O)C(O)C1O. The molecule has 1 rings (SSSR count). The first-order valence-electron chi connectivity index (χ1n) is 4.29. The third-order valence-corrected chi connectivity index (χ3v) is 2.64. The molecule has 5 atom stereocenters. The molecule has 0 aliphatic heterocycles. The van der Waals surface area contributed by atoms with E-state index in [4.69, 9.17) is 9.84 Å². The highest BCUT2D eigenvalue weighted by Gasteiger charge is 2.42. The van der Waals surface area contributed by atoms with Crippen LogP contribution in [0.15, 0.2) is 0 Å². The Morgan fingerprint density at radius 2 is 1.77 bits per heavy atom. The van der Waals surface area contributed by atoms with Crippen molar-refractivity contribution in [3.63, 3.8) is 0 Å². The van der Waals surface area contributed by atoms with E-state index in [2.05, 4.69) is 0 Å². The summed E-state index contributed by atoms with van der Waals surface area (Å²) in [6.45, 7) is -0.217. The molecule has 0 heterocycles. The molecule has 13 heavy (non-hydrogen) atoms. The quantitative estimate of drug-likeness (QED) is 0.410. The molecule has 1 fully saturated rings. The molecule has 5 nitrogen and oxygen atoms in total. The Morgan fingerprint density at radius 3 is 2.23 bits per heavy atom. The fourth-order valence-electron chi connectivity index (χ4n) is 1.70. The molecule has 0 aromatic carbocycles. The van der Waals surface area contributed by atoms with Gasteiger partial charge in [0.2, 0.25) is 0 Å². The number of ether oxygens (including phenoxy) is 1. The Balaban J connectivity index is 2.66. The van der Waals surface area contributed by atoms with E-state index in [-0.39, 0.29) is 6.61 Å². The van der Waals surface area contributed by atoms with E-state index in [1.54, 1.807) is 0 Å². The summed E-state index contributed by atoms with van der Waals surface area (Å²) in [6.07, 6.45) is -3.56. The average Bonchev–Trinajstić information content (AvgIpc) is 2.15. The van der Waals surface area contributed by atoms with E-state index in [0.717, 1.165) is 0 Å². The van der Waals surface area contributed by atoms with E-state index in [0.29, 0.717) is 6.42 Å². The van der Waals surface area contributed by atoms with Crippen LogP contribution in [0, 0.1) is 5.92 Å². The molecule has 0 spiro atoms. The van der Waals surface area contributed by atoms with Gasteiger partial charge in [0, 0.05) is 19.6 Å². The van der Waals surface area contributed by atoms with Crippen LogP contribution < -0.4 is 0 Å². The molecule has 0 amide bonds. The first-order chi connectivity index (χ1) is 6.11. The Hall–Kier alpha value is -0.200. The van der Waals surface area contributed by atoms with Crippen molar-refractivity contribution < 1.29 is 25.2 Å². The third-order valence-electron chi connectivity index (χ3n) is 2.64. The molecule has 1 saturated carbocycles. The monoisotopic (exact) mass is 192 g/mol. The highest BCUT2D eigenvalue weighted by atomic mass is 16.5. The van der Waals surface area contributed by atoms with Gasteiger partial charge in [-0.2, -0.15) is 0 Å². The summed E-state index contributed by atoms with van der Waals surface area (Å²) in [5.41, 5.74) is 0. The number of hydrogen-bond acceptors (Lipinski definition) is 5. The van der Waals surface area contributed by atoms with E-state index in [1.807, 2.05) is 0 Å². The lowest BCUT2D eigenvalue weighted by Crippen LogP contribution is -2.54. The van der Waals surface area contributed by atoms with Crippen LogP contribution in [0.4, 0.5) is 0 Å². The van der Waals surface area contributed by atoms with Crippen molar-refractivity contribution >= 4 is 0 Å². The van der Waals surface area contributed by atoms with Crippen molar-refractivity contribution in [1.29, 1.82) is 0 Å². The molecule has 4 N–H and O–H groups in total. The molecule has 0 radical (unpaired) electrons. The Morgan fingerprint density at radius 1 is 1.15 bits per heavy atom. The molecule has 0 aromatic rings. The highest BCUT2D eigenvalue weighted by Crippen LogP contribution is 2.26. The molecule has 5 heteroatoms. The van der Waals surface area contributed by atoms with Gasteiger partial charge in [-0.05, 0) is 6.42 Å². The van der Waals surface area contributed by atoms with Gasteiger partial charge in [0.25, 0.3) is 0 Å². The van der Waals surface area contributed by atoms with Crippen LogP contribution >= 0.6 is 0 Å². The average molecular weight is 192 g/mol. The van der Waals surface area contributed by atoms with Crippen LogP contribution in [0.2, 0.25) is 0 Å². The summed E-state index contributed by atoms with van der Waals surface area (Å²) in [4.78, 5) is 0. The van der Waals surface area contributed by atoms with Crippen molar-refractivity contribution in [3.8, 4) is 0 Å². The van der Waals surface area contributed by atoms with Gasteiger partial charge in [0.05, 0.1) is 12.2 Å². The molecule has 1 aliphatic carbocycles. The zero-order valence-corrected chi connectivity index (χ0v) is 7.50. The number of methoxy groups -OCH3 is 1. The fraction of sp³-hybridized carbons (Fsp3) is 1.00. The minimum atomic E-state index is -1.24. The fourth-order valence-corrected chi connectivity index (χ4v) is 1.70. The molecule has 0 aromatic heterocycles. The predicted molar refractivity (Wildman–Crippen MR) is 44.0 cm³/mol. The first kappa shape index (κ1) is 10.9. The minimum Gasteiger partial charge on any atom is -0.396 e. The van der Waals surface area contributed by atoms with Crippen molar-refractivity contribution in [2.45, 2.75) is 30.8 Å². The Kier molecular flexibility index (Phi) is 3.63. The van der Waals surface area contributed by atoms with E-state index < -0.39 is 30.3 Å². The van der Waals surface area contributed by atoms with Crippen LogP contribution in [0.3, 0.4) is 0 Å². The normalized spacial score (nSPS) is 46.4. The predicted octanol–water partition coefficient (Wildman–Crippen LogP) is -1.90. The van der Waals surface area contributed by atoms with Gasteiger partial charge < -0.3 is 25.2 Å². The standard InChI is InChI=1S/C8H16O5/c1-13-5-2-4(3-9)6(10)8(12)7(5)11/h4-12H,2-3H2,1H3/t4?,5-,6-,7?,8?/m0/s1. The molecule has 0 bridgehead atoms. The summed E-state index contributed by atoms with van der Waals surface area (Å²) >= 11 is 0. The van der Waals surface area contributed by atoms with Crippen LogP contribution in [-0.4, -0.2) is 58.6 Å². The van der Waals surface area contributed by atoms with Crippen LogP contribution in [0.25, 0.3) is 0 Å². The van der Waals surface area contributed by atoms with Gasteiger partial charge in [0.15, 0.2) is 0 Å². The lowest BCUT2D eigenvalue weighted by Gasteiger charge is -2.38. The number of aliphatic hydroxyl groups excluding tert-OH is 4. The summed E-state index contributed by atoms with van der Waals surface area (Å²) in [6, 6.07) is 0. The number of rotatable bonds is 2. The van der Waals surface area contributed by atoms with Gasteiger partial charge in [-0.15, -0.1) is 0 Å². The zero-order valence-electron chi connectivity index (χ0n) is 7.50. The maximum absolute atomic E-state index is 9.40. The maximum atomic E-state index is 9.40. The minimum absolute atomic E-state index is 0.217. The molecular weight excluding hydrogens is 176 g/mol. The number of hydrogen-bond donors (Lipinski definition) is 4. The summed E-state index contributed by atoms with van der Waals surface area (Å²) in [7, 11) is 1.42. The molecular formula is C8H16O5. The smallest absolute Gasteiger partial charge is 0.109 e. The van der Waals surface area contributed by atoms with Gasteiger partial charge in [-0.3, -0.25) is 0 Å². The summed E-state index contributed by atoms with van der Waals surface area (Å²) in [5.74, 6) is -0.427. The zero-order chi connectivity index (χ0) is 10.0. The molecule has 1 aliphatic rings. The summed E-state index contributed by atoms with van der Waals surface area (Å²) in [5, 5.41) is 37.0. The first-order valence-corrected chi connectivity index (χ1v) is 4.29. The van der Waals surface area contributed by atoms with Crippen LogP contribution in [-0.2, 0) is 4.74 Å². The van der Waals surface area contributed by atoms with Crippen molar-refractivity contribution in [2.75, 3.05) is 13.7 Å². The second-order valence-electron chi connectivity index (χ2n) is 3.42. The van der Waals surface area contributed by atoms with Crippen molar-refractivity contribution in [2.24, 2.45) is 5.92 Å². The van der Waals surface area contributed by atoms with Crippen molar-refractivity contribution in [3.05, 3.63) is 0 Å². The maximum Gasteiger partial charge on any atom is 0.109 e. The lowest BCUT2D eigenvalue weighted by molar-refractivity contribution is -0.170. The van der Waals surface area contributed by atoms with E-state index in [1.165, 1.54) is 7.11 Å². The lowest BCUT2D eigenvalue weighted by atomic mass is 9.81. The van der Waals surface area contributed by atoms with Crippen molar-refractivity contribution in [1.82, 2.24) is 0 Å². The van der Waals surface area contributed by atoms with Gasteiger partial charge in [-0.25, -0.2) is 0 Å². The Labute approximate surface area is 76.6 Å². The van der Waals surface area contributed by atoms with Crippen LogP contribution in [0.5, 0.6) is 0 Å². The Bertz CT molecular complexity index is 143. The second-order valence-corrected chi connectivity index (χ2v) is 3.42. The topological polar surface area (TPSA) is 90.2 Å². The van der Waals surface area contributed by atoms with Gasteiger partial charge >= 0.3 is 0 Å². The molecule has 0 saturated heterocycles.